The zero-order valence-electron chi connectivity index (χ0n) is 16.3. The van der Waals surface area contributed by atoms with E-state index in [9.17, 15) is 9.59 Å². The number of amides is 2. The van der Waals surface area contributed by atoms with Crippen LogP contribution in [0.4, 0.5) is 4.79 Å². The predicted octanol–water partition coefficient (Wildman–Crippen LogP) is 3.72. The minimum absolute atomic E-state index is 0.224. The highest BCUT2D eigenvalue weighted by Crippen LogP contribution is 2.39. The van der Waals surface area contributed by atoms with Crippen molar-refractivity contribution in [2.75, 3.05) is 6.54 Å². The van der Waals surface area contributed by atoms with E-state index in [1.807, 2.05) is 41.5 Å². The Labute approximate surface area is 163 Å². The van der Waals surface area contributed by atoms with Gasteiger partial charge >= 0.3 is 6.09 Å². The number of hydrogen-bond donors (Lipinski definition) is 3. The molecule has 1 saturated carbocycles. The molecule has 0 aliphatic heterocycles. The zero-order valence-corrected chi connectivity index (χ0v) is 17.9. The monoisotopic (exact) mass is 428 g/mol. The molecular weight excluding hydrogens is 400 g/mol. The van der Waals surface area contributed by atoms with Crippen molar-refractivity contribution < 1.29 is 14.3 Å². The topological polar surface area (TPSA) is 96.1 Å². The maximum absolute atomic E-state index is 12.8. The number of nitrogens with one attached hydrogen (secondary N) is 3. The Morgan fingerprint density at radius 2 is 1.92 bits per heavy atom. The molecule has 0 bridgehead atoms. The highest BCUT2D eigenvalue weighted by atomic mass is 79.9. The second kappa shape index (κ2) is 7.58. The van der Waals surface area contributed by atoms with E-state index in [1.165, 1.54) is 0 Å². The second-order valence-electron chi connectivity index (χ2n) is 8.46. The normalized spacial score (nSPS) is 16.9. The van der Waals surface area contributed by atoms with Gasteiger partial charge in [0.05, 0.1) is 15.7 Å². The number of carbonyl (C=O) groups excluding carboxylic acids is 2. The number of ether oxygens (including phenoxy) is 1. The summed E-state index contributed by atoms with van der Waals surface area (Å²) in [6.45, 7) is 11.8. The van der Waals surface area contributed by atoms with Crippen molar-refractivity contribution in [1.29, 1.82) is 0 Å². The number of halogens is 1. The molecule has 0 radical (unpaired) electrons. The summed E-state index contributed by atoms with van der Waals surface area (Å²) in [6, 6.07) is 0. The maximum atomic E-state index is 12.8. The number of aromatic amines is 1. The van der Waals surface area contributed by atoms with Gasteiger partial charge in [0.25, 0.3) is 5.91 Å². The number of alkyl carbamates (subject to hydrolysis) is 1. The lowest BCUT2D eigenvalue weighted by Crippen LogP contribution is -2.55. The quantitative estimate of drug-likeness (QED) is 0.642. The van der Waals surface area contributed by atoms with Gasteiger partial charge in [0.2, 0.25) is 0 Å². The molecule has 1 aliphatic carbocycles. The smallest absolute Gasteiger partial charge is 0.407 e. The lowest BCUT2D eigenvalue weighted by atomic mass is 9.95. The van der Waals surface area contributed by atoms with E-state index in [2.05, 4.69) is 36.8 Å². The minimum atomic E-state index is -0.559. The van der Waals surface area contributed by atoms with E-state index in [4.69, 9.17) is 4.74 Å². The Balaban J connectivity index is 2.05. The zero-order chi connectivity index (χ0) is 19.7. The largest absolute Gasteiger partial charge is 0.444 e. The summed E-state index contributed by atoms with van der Waals surface area (Å²) >= 11 is 3.46. The van der Waals surface area contributed by atoms with Crippen LogP contribution in [0.15, 0.2) is 4.47 Å². The molecule has 0 saturated heterocycles. The highest BCUT2D eigenvalue weighted by Gasteiger charge is 2.43. The first-order chi connectivity index (χ1) is 11.9. The fraction of sp³-hybridized carbons (Fsp3) is 0.722. The van der Waals surface area contributed by atoms with E-state index in [0.29, 0.717) is 22.6 Å². The Morgan fingerprint density at radius 3 is 2.38 bits per heavy atom. The first-order valence-electron chi connectivity index (χ1n) is 8.96. The summed E-state index contributed by atoms with van der Waals surface area (Å²) < 4.78 is 5.97. The Kier molecular flexibility index (Phi) is 6.05. The Hall–Kier alpha value is -1.57. The van der Waals surface area contributed by atoms with Crippen molar-refractivity contribution in [1.82, 2.24) is 20.8 Å². The van der Waals surface area contributed by atoms with Gasteiger partial charge in [-0.2, -0.15) is 5.10 Å². The first-order valence-corrected chi connectivity index (χ1v) is 9.75. The molecule has 7 nitrogen and oxygen atoms in total. The van der Waals surface area contributed by atoms with Crippen LogP contribution in [0.2, 0.25) is 0 Å². The molecule has 2 rings (SSSR count). The SMILES string of the molecule is CC(C)c1[nH]nc(C(=O)NC(C)(CNC(=O)OC(C)(C)C)C2CC2)c1Br. The molecule has 1 heterocycles. The summed E-state index contributed by atoms with van der Waals surface area (Å²) in [4.78, 5) is 24.7. The molecular formula is C18H29BrN4O3. The summed E-state index contributed by atoms with van der Waals surface area (Å²) in [5.74, 6) is 0.283. The molecule has 0 aromatic carbocycles. The van der Waals surface area contributed by atoms with Crippen molar-refractivity contribution in [3.8, 4) is 0 Å². The van der Waals surface area contributed by atoms with Crippen LogP contribution < -0.4 is 10.6 Å². The van der Waals surface area contributed by atoms with E-state index in [0.717, 1.165) is 18.5 Å². The standard InChI is InChI=1S/C18H29BrN4O3/c1-10(2)13-12(19)14(23-22-13)15(24)21-18(6,11-7-8-11)9-20-16(25)26-17(3,4)5/h10-11H,7-9H2,1-6H3,(H,20,25)(H,21,24)(H,22,23). The van der Waals surface area contributed by atoms with Crippen LogP contribution in [0.25, 0.3) is 0 Å². The molecule has 3 N–H and O–H groups in total. The van der Waals surface area contributed by atoms with Gasteiger partial charge in [-0.25, -0.2) is 4.79 Å². The number of aromatic nitrogens is 2. The van der Waals surface area contributed by atoms with Gasteiger partial charge in [-0.3, -0.25) is 9.89 Å². The fourth-order valence-corrected chi connectivity index (χ4v) is 3.59. The number of nitrogens with zero attached hydrogens (tertiary/aromatic N) is 1. The molecule has 146 valence electrons. The van der Waals surface area contributed by atoms with Crippen molar-refractivity contribution >= 4 is 27.9 Å². The molecule has 1 fully saturated rings. The lowest BCUT2D eigenvalue weighted by molar-refractivity contribution is 0.0502. The molecule has 1 atom stereocenters. The van der Waals surface area contributed by atoms with Gasteiger partial charge in [-0.15, -0.1) is 0 Å². The number of rotatable bonds is 6. The second-order valence-corrected chi connectivity index (χ2v) is 9.25. The van der Waals surface area contributed by atoms with E-state index in [1.54, 1.807) is 0 Å². The Bertz CT molecular complexity index is 676. The minimum Gasteiger partial charge on any atom is -0.444 e. The number of hydrogen-bond acceptors (Lipinski definition) is 4. The Morgan fingerprint density at radius 1 is 1.31 bits per heavy atom. The van der Waals surface area contributed by atoms with Gasteiger partial charge in [0.15, 0.2) is 5.69 Å². The van der Waals surface area contributed by atoms with Crippen molar-refractivity contribution in [3.63, 3.8) is 0 Å². The van der Waals surface area contributed by atoms with Crippen LogP contribution in [0.3, 0.4) is 0 Å². The molecule has 0 spiro atoms. The van der Waals surface area contributed by atoms with E-state index >= 15 is 0 Å². The summed E-state index contributed by atoms with van der Waals surface area (Å²) in [5.41, 5.74) is 0.105. The van der Waals surface area contributed by atoms with E-state index < -0.39 is 17.2 Å². The van der Waals surface area contributed by atoms with Crippen LogP contribution in [-0.2, 0) is 4.74 Å². The molecule has 1 aromatic rings. The highest BCUT2D eigenvalue weighted by molar-refractivity contribution is 9.10. The van der Waals surface area contributed by atoms with Gasteiger partial charge in [-0.05, 0) is 68.3 Å². The predicted molar refractivity (Wildman–Crippen MR) is 103 cm³/mol. The molecule has 1 unspecified atom stereocenters. The van der Waals surface area contributed by atoms with Gasteiger partial charge in [-0.1, -0.05) is 13.8 Å². The molecule has 1 aromatic heterocycles. The van der Waals surface area contributed by atoms with Crippen LogP contribution in [0.1, 0.15) is 76.5 Å². The number of H-pyrrole nitrogens is 1. The lowest BCUT2D eigenvalue weighted by Gasteiger charge is -2.31. The van der Waals surface area contributed by atoms with E-state index in [-0.39, 0.29) is 11.8 Å². The van der Waals surface area contributed by atoms with Gasteiger partial charge in [0, 0.05) is 6.54 Å². The van der Waals surface area contributed by atoms with Crippen molar-refractivity contribution in [3.05, 3.63) is 15.9 Å². The molecule has 1 aliphatic rings. The third-order valence-electron chi connectivity index (χ3n) is 4.40. The summed E-state index contributed by atoms with van der Waals surface area (Å²) in [7, 11) is 0. The average molecular weight is 429 g/mol. The molecule has 2 amide bonds. The molecule has 8 heteroatoms. The third kappa shape index (κ3) is 5.22. The van der Waals surface area contributed by atoms with Crippen molar-refractivity contribution in [2.24, 2.45) is 5.92 Å². The maximum Gasteiger partial charge on any atom is 0.407 e. The van der Waals surface area contributed by atoms with Crippen molar-refractivity contribution in [2.45, 2.75) is 71.4 Å². The van der Waals surface area contributed by atoms with Crippen LogP contribution >= 0.6 is 15.9 Å². The summed E-state index contributed by atoms with van der Waals surface area (Å²) in [5, 5.41) is 12.9. The van der Waals surface area contributed by atoms with Crippen LogP contribution in [-0.4, -0.2) is 39.9 Å². The van der Waals surface area contributed by atoms with Crippen LogP contribution in [0, 0.1) is 5.92 Å². The van der Waals surface area contributed by atoms with Crippen LogP contribution in [0.5, 0.6) is 0 Å². The summed E-state index contributed by atoms with van der Waals surface area (Å²) in [6.07, 6.45) is 1.55. The molecule has 26 heavy (non-hydrogen) atoms. The third-order valence-corrected chi connectivity index (χ3v) is 5.20. The van der Waals surface area contributed by atoms with Gasteiger partial charge < -0.3 is 15.4 Å². The fourth-order valence-electron chi connectivity index (χ4n) is 2.77. The number of carbonyl (C=O) groups is 2. The average Bonchev–Trinajstić information content (AvgIpc) is 3.26. The van der Waals surface area contributed by atoms with Gasteiger partial charge in [0.1, 0.15) is 5.60 Å². The first kappa shape index (κ1) is 20.7.